The minimum Gasteiger partial charge on any atom is -0.508 e. The van der Waals surface area contributed by atoms with Crippen molar-refractivity contribution in [3.63, 3.8) is 0 Å². The molecule has 8 heteroatoms. The molecule has 8 nitrogen and oxygen atoms in total. The predicted octanol–water partition coefficient (Wildman–Crippen LogP) is 3.73. The molecular formula is C27H30O8. The highest BCUT2D eigenvalue weighted by atomic mass is 16.5. The van der Waals surface area contributed by atoms with E-state index >= 15 is 0 Å². The van der Waals surface area contributed by atoms with Crippen molar-refractivity contribution in [2.75, 3.05) is 20.8 Å². The van der Waals surface area contributed by atoms with Gasteiger partial charge >= 0.3 is 5.97 Å². The first-order chi connectivity index (χ1) is 16.8. The fraction of sp³-hybridized carbons (Fsp3) is 0.296. The SMILES string of the molecule is CCOC(=O)CCC(C(=O)C=Cc1ccc(O)c(CO)c1)C(=O)C=Cc1ccc(OC)c(OC)c1. The molecule has 2 N–H and O–H groups in total. The average Bonchev–Trinajstić information content (AvgIpc) is 2.86. The normalized spacial score (nSPS) is 12.0. The van der Waals surface area contributed by atoms with Crippen molar-refractivity contribution in [2.24, 2.45) is 5.92 Å². The van der Waals surface area contributed by atoms with Crippen molar-refractivity contribution in [2.45, 2.75) is 26.4 Å². The molecule has 0 radical (unpaired) electrons. The highest BCUT2D eigenvalue weighted by Crippen LogP contribution is 2.28. The summed E-state index contributed by atoms with van der Waals surface area (Å²) in [6, 6.07) is 9.65. The first kappa shape index (κ1) is 27.3. The number of ether oxygens (including phenoxy) is 3. The molecule has 35 heavy (non-hydrogen) atoms. The Hall–Kier alpha value is -3.91. The summed E-state index contributed by atoms with van der Waals surface area (Å²) in [7, 11) is 3.03. The van der Waals surface area contributed by atoms with Gasteiger partial charge in [0.1, 0.15) is 5.75 Å². The molecule has 0 saturated carbocycles. The van der Waals surface area contributed by atoms with Gasteiger partial charge in [-0.05, 0) is 60.9 Å². The maximum atomic E-state index is 12.9. The molecular weight excluding hydrogens is 452 g/mol. The van der Waals surface area contributed by atoms with E-state index in [2.05, 4.69) is 0 Å². The number of aromatic hydroxyl groups is 1. The smallest absolute Gasteiger partial charge is 0.305 e. The zero-order valence-corrected chi connectivity index (χ0v) is 20.0. The molecule has 0 spiro atoms. The lowest BCUT2D eigenvalue weighted by Gasteiger charge is -2.11. The quantitative estimate of drug-likeness (QED) is 0.252. The molecule has 0 amide bonds. The summed E-state index contributed by atoms with van der Waals surface area (Å²) < 4.78 is 15.4. The zero-order chi connectivity index (χ0) is 25.8. The molecule has 2 aromatic carbocycles. The second-order valence-electron chi connectivity index (χ2n) is 7.53. The monoisotopic (exact) mass is 482 g/mol. The highest BCUT2D eigenvalue weighted by Gasteiger charge is 2.24. The standard InChI is InChI=1S/C27H30O8/c1-4-35-27(32)14-9-21(23(30)11-6-18-5-10-22(29)20(15-18)17-28)24(31)12-7-19-8-13-25(33-2)26(16-19)34-3/h5-8,10-13,15-16,21,28-29H,4,9,14,17H2,1-3H3. The Morgan fingerprint density at radius 1 is 0.914 bits per heavy atom. The first-order valence-corrected chi connectivity index (χ1v) is 11.1. The maximum absolute atomic E-state index is 12.9. The average molecular weight is 483 g/mol. The van der Waals surface area contributed by atoms with Crippen molar-refractivity contribution >= 4 is 29.7 Å². The lowest BCUT2D eigenvalue weighted by atomic mass is 9.92. The highest BCUT2D eigenvalue weighted by molar-refractivity contribution is 6.13. The van der Waals surface area contributed by atoms with Crippen molar-refractivity contribution in [1.82, 2.24) is 0 Å². The van der Waals surface area contributed by atoms with Crippen LogP contribution in [0.2, 0.25) is 0 Å². The number of carbonyl (C=O) groups excluding carboxylic acids is 3. The van der Waals surface area contributed by atoms with Gasteiger partial charge in [-0.15, -0.1) is 0 Å². The van der Waals surface area contributed by atoms with Gasteiger partial charge in [-0.3, -0.25) is 14.4 Å². The second-order valence-corrected chi connectivity index (χ2v) is 7.53. The summed E-state index contributed by atoms with van der Waals surface area (Å²) >= 11 is 0. The number of ketones is 2. The van der Waals surface area contributed by atoms with E-state index in [-0.39, 0.29) is 31.8 Å². The Morgan fingerprint density at radius 2 is 1.51 bits per heavy atom. The number of hydrogen-bond donors (Lipinski definition) is 2. The van der Waals surface area contributed by atoms with Crippen LogP contribution in [0.3, 0.4) is 0 Å². The summed E-state index contributed by atoms with van der Waals surface area (Å²) in [4.78, 5) is 37.7. The van der Waals surface area contributed by atoms with Gasteiger partial charge in [-0.1, -0.05) is 24.3 Å². The molecule has 1 atom stereocenters. The number of carbonyl (C=O) groups is 3. The van der Waals surface area contributed by atoms with Gasteiger partial charge < -0.3 is 24.4 Å². The largest absolute Gasteiger partial charge is 0.508 e. The molecule has 0 bridgehead atoms. The molecule has 1 unspecified atom stereocenters. The third-order valence-electron chi connectivity index (χ3n) is 5.19. The lowest BCUT2D eigenvalue weighted by molar-refractivity contribution is -0.143. The number of rotatable bonds is 13. The third kappa shape index (κ3) is 8.12. The Bertz CT molecular complexity index is 1100. The van der Waals surface area contributed by atoms with Crippen LogP contribution >= 0.6 is 0 Å². The molecule has 0 saturated heterocycles. The van der Waals surface area contributed by atoms with E-state index in [1.54, 1.807) is 37.3 Å². The van der Waals surface area contributed by atoms with Gasteiger partial charge in [-0.2, -0.15) is 0 Å². The summed E-state index contributed by atoms with van der Waals surface area (Å²) in [5.41, 5.74) is 1.55. The van der Waals surface area contributed by atoms with Crippen molar-refractivity contribution in [3.05, 3.63) is 65.2 Å². The summed E-state index contributed by atoms with van der Waals surface area (Å²) in [6.07, 6.45) is 5.52. The molecule has 2 aromatic rings. The number of hydrogen-bond acceptors (Lipinski definition) is 8. The predicted molar refractivity (Wildman–Crippen MR) is 131 cm³/mol. The molecule has 186 valence electrons. The van der Waals surface area contributed by atoms with E-state index in [1.807, 2.05) is 0 Å². The minimum atomic E-state index is -1.08. The van der Waals surface area contributed by atoms with Crippen molar-refractivity contribution in [1.29, 1.82) is 0 Å². The number of phenols is 1. The van der Waals surface area contributed by atoms with Crippen molar-refractivity contribution < 1.29 is 38.8 Å². The van der Waals surface area contributed by atoms with Gasteiger partial charge in [0.25, 0.3) is 0 Å². The molecule has 0 aliphatic carbocycles. The van der Waals surface area contributed by atoms with Crippen molar-refractivity contribution in [3.8, 4) is 17.2 Å². The van der Waals surface area contributed by atoms with Crippen LogP contribution in [0.25, 0.3) is 12.2 Å². The van der Waals surface area contributed by atoms with Crippen LogP contribution in [-0.2, 0) is 25.7 Å². The third-order valence-corrected chi connectivity index (χ3v) is 5.19. The van der Waals surface area contributed by atoms with Gasteiger partial charge in [0.05, 0.1) is 33.4 Å². The van der Waals surface area contributed by atoms with E-state index in [1.165, 1.54) is 44.6 Å². The molecule has 2 rings (SSSR count). The van der Waals surface area contributed by atoms with Crippen LogP contribution in [0.15, 0.2) is 48.6 Å². The first-order valence-electron chi connectivity index (χ1n) is 11.1. The van der Waals surface area contributed by atoms with Crippen LogP contribution in [0.5, 0.6) is 17.2 Å². The van der Waals surface area contributed by atoms with Crippen LogP contribution in [0, 0.1) is 5.92 Å². The number of methoxy groups -OCH3 is 2. The molecule has 0 aliphatic rings. The second kappa shape index (κ2) is 13.7. The molecule has 0 aromatic heterocycles. The van der Waals surface area contributed by atoms with Gasteiger partial charge in [-0.25, -0.2) is 0 Å². The Labute approximate surface area is 204 Å². The van der Waals surface area contributed by atoms with Gasteiger partial charge in [0.2, 0.25) is 0 Å². The molecule has 0 aliphatic heterocycles. The number of aliphatic hydroxyl groups is 1. The Kier molecular flexibility index (Phi) is 10.7. The Balaban J connectivity index is 2.23. The zero-order valence-electron chi connectivity index (χ0n) is 20.0. The Morgan fingerprint density at radius 3 is 2.09 bits per heavy atom. The van der Waals surface area contributed by atoms with E-state index in [0.29, 0.717) is 28.2 Å². The summed E-state index contributed by atoms with van der Waals surface area (Å²) in [5, 5.41) is 19.0. The lowest BCUT2D eigenvalue weighted by Crippen LogP contribution is -2.22. The van der Waals surface area contributed by atoms with Crippen LogP contribution < -0.4 is 9.47 Å². The topological polar surface area (TPSA) is 119 Å². The van der Waals surface area contributed by atoms with Gasteiger partial charge in [0.15, 0.2) is 23.1 Å². The van der Waals surface area contributed by atoms with E-state index in [4.69, 9.17) is 14.2 Å². The molecule has 0 heterocycles. The van der Waals surface area contributed by atoms with E-state index < -0.39 is 23.5 Å². The summed E-state index contributed by atoms with van der Waals surface area (Å²) in [5.74, 6) is -1.52. The van der Waals surface area contributed by atoms with Crippen LogP contribution in [-0.4, -0.2) is 48.6 Å². The van der Waals surface area contributed by atoms with Crippen LogP contribution in [0.4, 0.5) is 0 Å². The maximum Gasteiger partial charge on any atom is 0.305 e. The molecule has 0 fully saturated rings. The summed E-state index contributed by atoms with van der Waals surface area (Å²) in [6.45, 7) is 1.53. The fourth-order valence-corrected chi connectivity index (χ4v) is 3.30. The van der Waals surface area contributed by atoms with E-state index in [0.717, 1.165) is 0 Å². The number of aliphatic hydroxyl groups excluding tert-OH is 1. The number of esters is 1. The van der Waals surface area contributed by atoms with Crippen LogP contribution in [0.1, 0.15) is 36.5 Å². The number of allylic oxidation sites excluding steroid dienone is 2. The van der Waals surface area contributed by atoms with Gasteiger partial charge in [0, 0.05) is 12.0 Å². The number of benzene rings is 2. The fourth-order valence-electron chi connectivity index (χ4n) is 3.30. The minimum absolute atomic E-state index is 0.00538. The van der Waals surface area contributed by atoms with E-state index in [9.17, 15) is 24.6 Å².